The van der Waals surface area contributed by atoms with E-state index in [0.717, 1.165) is 11.0 Å². The maximum Gasteiger partial charge on any atom is 0.305 e. The zero-order valence-corrected chi connectivity index (χ0v) is 12.8. The fraction of sp³-hybridized carbons (Fsp3) is 0.357. The van der Waals surface area contributed by atoms with Crippen LogP contribution in [0.3, 0.4) is 0 Å². The molecule has 0 amide bonds. The Morgan fingerprint density at radius 2 is 1.95 bits per heavy atom. The second-order valence-corrected chi connectivity index (χ2v) is 6.57. The van der Waals surface area contributed by atoms with Crippen molar-refractivity contribution in [2.45, 2.75) is 19.8 Å². The summed E-state index contributed by atoms with van der Waals surface area (Å²) >= 11 is 5.74. The summed E-state index contributed by atoms with van der Waals surface area (Å²) in [6, 6.07) is 6.84. The van der Waals surface area contributed by atoms with Crippen LogP contribution in [-0.4, -0.2) is 26.7 Å². The van der Waals surface area contributed by atoms with Gasteiger partial charge in [-0.1, -0.05) is 23.7 Å². The molecule has 110 valence electrons. The van der Waals surface area contributed by atoms with Gasteiger partial charge in [-0.15, -0.1) is 0 Å². The average Bonchev–Trinajstić information content (AvgIpc) is 2.38. The van der Waals surface area contributed by atoms with Gasteiger partial charge in [0.05, 0.1) is 12.4 Å². The Morgan fingerprint density at radius 1 is 1.30 bits per heavy atom. The Labute approximate surface area is 124 Å². The molecule has 6 heteroatoms. The molecule has 1 rings (SSSR count). The SMILES string of the molecule is CCOC(=O)CCCS(=O)(=O)/C=C/c1ccc(Cl)cc1. The van der Waals surface area contributed by atoms with Crippen molar-refractivity contribution in [1.29, 1.82) is 0 Å². The third-order valence-corrected chi connectivity index (χ3v) is 4.11. The zero-order chi connectivity index (χ0) is 15.0. The van der Waals surface area contributed by atoms with Crippen molar-refractivity contribution in [3.8, 4) is 0 Å². The molecular weight excluding hydrogens is 300 g/mol. The van der Waals surface area contributed by atoms with E-state index in [-0.39, 0.29) is 24.6 Å². The van der Waals surface area contributed by atoms with Crippen LogP contribution in [-0.2, 0) is 19.4 Å². The molecule has 0 N–H and O–H groups in total. The predicted octanol–water partition coefficient (Wildman–Crippen LogP) is 3.07. The number of carbonyl (C=O) groups excluding carboxylic acids is 1. The van der Waals surface area contributed by atoms with Crippen LogP contribution in [0.25, 0.3) is 6.08 Å². The van der Waals surface area contributed by atoms with Gasteiger partial charge in [-0.05, 0) is 37.1 Å². The number of sulfone groups is 1. The molecule has 0 bridgehead atoms. The van der Waals surface area contributed by atoms with Crippen LogP contribution in [0.1, 0.15) is 25.3 Å². The number of rotatable bonds is 7. The molecule has 1 aromatic carbocycles. The second kappa shape index (κ2) is 8.07. The molecule has 0 saturated carbocycles. The molecule has 0 saturated heterocycles. The number of halogens is 1. The highest BCUT2D eigenvalue weighted by atomic mass is 35.5. The Kier molecular flexibility index (Phi) is 6.75. The summed E-state index contributed by atoms with van der Waals surface area (Å²) < 4.78 is 28.2. The van der Waals surface area contributed by atoms with Crippen LogP contribution in [0.15, 0.2) is 29.7 Å². The lowest BCUT2D eigenvalue weighted by molar-refractivity contribution is -0.143. The third kappa shape index (κ3) is 6.73. The summed E-state index contributed by atoms with van der Waals surface area (Å²) in [4.78, 5) is 11.1. The molecule has 0 aliphatic rings. The summed E-state index contributed by atoms with van der Waals surface area (Å²) in [6.07, 6.45) is 1.88. The van der Waals surface area contributed by atoms with E-state index in [1.165, 1.54) is 6.08 Å². The van der Waals surface area contributed by atoms with Gasteiger partial charge in [-0.3, -0.25) is 4.79 Å². The minimum absolute atomic E-state index is 0.0735. The molecule has 4 nitrogen and oxygen atoms in total. The first-order valence-electron chi connectivity index (χ1n) is 6.25. The van der Waals surface area contributed by atoms with Crippen molar-refractivity contribution in [2.24, 2.45) is 0 Å². The van der Waals surface area contributed by atoms with E-state index in [2.05, 4.69) is 0 Å². The summed E-state index contributed by atoms with van der Waals surface area (Å²) in [5.41, 5.74) is 0.753. The van der Waals surface area contributed by atoms with Crippen LogP contribution in [0.4, 0.5) is 0 Å². The van der Waals surface area contributed by atoms with Gasteiger partial charge >= 0.3 is 5.97 Å². The lowest BCUT2D eigenvalue weighted by Crippen LogP contribution is -2.08. The first-order valence-corrected chi connectivity index (χ1v) is 8.34. The predicted molar refractivity (Wildman–Crippen MR) is 80.1 cm³/mol. The molecule has 0 aliphatic heterocycles. The molecule has 0 spiro atoms. The first kappa shape index (κ1) is 16.7. The number of esters is 1. The zero-order valence-electron chi connectivity index (χ0n) is 11.2. The van der Waals surface area contributed by atoms with E-state index in [1.54, 1.807) is 31.2 Å². The van der Waals surface area contributed by atoms with Crippen molar-refractivity contribution in [3.05, 3.63) is 40.3 Å². The summed E-state index contributed by atoms with van der Waals surface area (Å²) in [5.74, 6) is -0.444. The molecule has 0 atom stereocenters. The minimum atomic E-state index is -3.32. The van der Waals surface area contributed by atoms with Gasteiger partial charge in [-0.2, -0.15) is 0 Å². The Morgan fingerprint density at radius 3 is 2.55 bits per heavy atom. The number of benzene rings is 1. The number of carbonyl (C=O) groups is 1. The molecule has 0 heterocycles. The van der Waals surface area contributed by atoms with Gasteiger partial charge in [0, 0.05) is 16.9 Å². The number of ether oxygens (including phenoxy) is 1. The van der Waals surface area contributed by atoms with Crippen molar-refractivity contribution in [1.82, 2.24) is 0 Å². The van der Waals surface area contributed by atoms with Gasteiger partial charge in [-0.25, -0.2) is 8.42 Å². The van der Waals surface area contributed by atoms with Gasteiger partial charge in [0.25, 0.3) is 0 Å². The third-order valence-electron chi connectivity index (χ3n) is 2.45. The van der Waals surface area contributed by atoms with E-state index in [9.17, 15) is 13.2 Å². The highest BCUT2D eigenvalue weighted by Gasteiger charge is 2.08. The van der Waals surface area contributed by atoms with Crippen molar-refractivity contribution in [2.75, 3.05) is 12.4 Å². The Balaban J connectivity index is 2.49. The monoisotopic (exact) mass is 316 g/mol. The fourth-order valence-electron chi connectivity index (χ4n) is 1.48. The Bertz CT molecular complexity index is 561. The highest BCUT2D eigenvalue weighted by Crippen LogP contribution is 2.11. The highest BCUT2D eigenvalue weighted by molar-refractivity contribution is 7.94. The van der Waals surface area contributed by atoms with E-state index >= 15 is 0 Å². The molecule has 0 aromatic heterocycles. The molecular formula is C14H17ClO4S. The fourth-order valence-corrected chi connectivity index (χ4v) is 2.65. The van der Waals surface area contributed by atoms with Gasteiger partial charge in [0.15, 0.2) is 9.84 Å². The average molecular weight is 317 g/mol. The van der Waals surface area contributed by atoms with Crippen molar-refractivity contribution < 1.29 is 17.9 Å². The molecule has 0 aliphatic carbocycles. The summed E-state index contributed by atoms with van der Waals surface area (Å²) in [5, 5.41) is 1.75. The first-order chi connectivity index (χ1) is 9.43. The molecule has 0 radical (unpaired) electrons. The smallest absolute Gasteiger partial charge is 0.305 e. The van der Waals surface area contributed by atoms with Crippen LogP contribution in [0.5, 0.6) is 0 Å². The van der Waals surface area contributed by atoms with E-state index in [1.807, 2.05) is 0 Å². The maximum absolute atomic E-state index is 11.7. The van der Waals surface area contributed by atoms with E-state index in [4.69, 9.17) is 16.3 Å². The summed E-state index contributed by atoms with van der Waals surface area (Å²) in [7, 11) is -3.32. The second-order valence-electron chi connectivity index (χ2n) is 4.13. The molecule has 1 aromatic rings. The lowest BCUT2D eigenvalue weighted by Gasteiger charge is -2.01. The van der Waals surface area contributed by atoms with Crippen LogP contribution >= 0.6 is 11.6 Å². The van der Waals surface area contributed by atoms with Gasteiger partial charge in [0.1, 0.15) is 0 Å². The topological polar surface area (TPSA) is 60.4 Å². The largest absolute Gasteiger partial charge is 0.466 e. The normalized spacial score (nSPS) is 11.7. The van der Waals surface area contributed by atoms with Crippen LogP contribution in [0.2, 0.25) is 5.02 Å². The van der Waals surface area contributed by atoms with Crippen LogP contribution in [0, 0.1) is 0 Å². The van der Waals surface area contributed by atoms with Gasteiger partial charge < -0.3 is 4.74 Å². The maximum atomic E-state index is 11.7. The number of hydrogen-bond acceptors (Lipinski definition) is 4. The van der Waals surface area contributed by atoms with Gasteiger partial charge in [0.2, 0.25) is 0 Å². The minimum Gasteiger partial charge on any atom is -0.466 e. The van der Waals surface area contributed by atoms with Crippen LogP contribution < -0.4 is 0 Å². The Hall–Kier alpha value is -1.33. The van der Waals surface area contributed by atoms with Crippen molar-refractivity contribution in [3.63, 3.8) is 0 Å². The van der Waals surface area contributed by atoms with E-state index < -0.39 is 9.84 Å². The number of hydrogen-bond donors (Lipinski definition) is 0. The lowest BCUT2D eigenvalue weighted by atomic mass is 10.2. The van der Waals surface area contributed by atoms with E-state index in [0.29, 0.717) is 11.6 Å². The quantitative estimate of drug-likeness (QED) is 0.725. The molecule has 20 heavy (non-hydrogen) atoms. The molecule has 0 fully saturated rings. The standard InChI is InChI=1S/C14H17ClO4S/c1-2-19-14(16)4-3-10-20(17,18)11-9-12-5-7-13(15)8-6-12/h5-9,11H,2-4,10H2,1H3/b11-9+. The van der Waals surface area contributed by atoms with Crippen molar-refractivity contribution >= 4 is 33.5 Å². The summed E-state index contributed by atoms with van der Waals surface area (Å²) in [6.45, 7) is 2.02. The molecule has 0 unspecified atom stereocenters.